The molecule has 0 saturated heterocycles. The van der Waals surface area contributed by atoms with Crippen LogP contribution < -0.4 is 5.32 Å². The van der Waals surface area contributed by atoms with E-state index in [1.807, 2.05) is 30.3 Å². The summed E-state index contributed by atoms with van der Waals surface area (Å²) in [5.41, 5.74) is 0.924. The van der Waals surface area contributed by atoms with Crippen LogP contribution >= 0.6 is 0 Å². The molecule has 19 heavy (non-hydrogen) atoms. The van der Waals surface area contributed by atoms with Crippen LogP contribution in [-0.4, -0.2) is 23.2 Å². The molecule has 1 saturated carbocycles. The van der Waals surface area contributed by atoms with Crippen molar-refractivity contribution in [3.63, 3.8) is 0 Å². The lowest BCUT2D eigenvalue weighted by Crippen LogP contribution is -2.47. The summed E-state index contributed by atoms with van der Waals surface area (Å²) in [6.45, 7) is 0.225. The molecule has 1 aromatic rings. The van der Waals surface area contributed by atoms with E-state index in [-0.39, 0.29) is 25.0 Å². The number of nitrogens with one attached hydrogen (secondary N) is 1. The molecule has 0 spiro atoms. The fraction of sp³-hybridized carbons (Fsp3) is 0.429. The number of rotatable bonds is 5. The fourth-order valence-electron chi connectivity index (χ4n) is 2.14. The number of amides is 1. The van der Waals surface area contributed by atoms with Crippen LogP contribution in [0.5, 0.6) is 0 Å². The quantitative estimate of drug-likeness (QED) is 0.853. The lowest BCUT2D eigenvalue weighted by molar-refractivity contribution is -0.139. The summed E-state index contributed by atoms with van der Waals surface area (Å²) in [4.78, 5) is 22.2. The Morgan fingerprint density at radius 2 is 2.00 bits per heavy atom. The van der Waals surface area contributed by atoms with Crippen LogP contribution in [0, 0.1) is 5.92 Å². The molecule has 0 aromatic heterocycles. The summed E-state index contributed by atoms with van der Waals surface area (Å²) < 4.78 is 5.09. The van der Waals surface area contributed by atoms with Crippen LogP contribution in [0.3, 0.4) is 0 Å². The third kappa shape index (κ3) is 3.98. The van der Waals surface area contributed by atoms with Gasteiger partial charge >= 0.3 is 12.1 Å². The third-order valence-corrected chi connectivity index (χ3v) is 3.37. The van der Waals surface area contributed by atoms with E-state index in [9.17, 15) is 9.59 Å². The lowest BCUT2D eigenvalue weighted by Gasteiger charge is -2.35. The Morgan fingerprint density at radius 1 is 1.26 bits per heavy atom. The molecular weight excluding hydrogens is 246 g/mol. The smallest absolute Gasteiger partial charge is 0.407 e. The summed E-state index contributed by atoms with van der Waals surface area (Å²) in [5.74, 6) is -0.795. The van der Waals surface area contributed by atoms with E-state index in [0.717, 1.165) is 18.4 Å². The maximum Gasteiger partial charge on any atom is 0.407 e. The van der Waals surface area contributed by atoms with E-state index in [4.69, 9.17) is 9.84 Å². The molecule has 2 atom stereocenters. The molecule has 1 fully saturated rings. The molecule has 1 amide bonds. The van der Waals surface area contributed by atoms with Crippen molar-refractivity contribution in [3.8, 4) is 0 Å². The Morgan fingerprint density at radius 3 is 2.58 bits per heavy atom. The SMILES string of the molecule is O=C(O)C[C@H]1CC[C@H]1NC(=O)OCc1ccccc1. The summed E-state index contributed by atoms with van der Waals surface area (Å²) in [6, 6.07) is 9.35. The average molecular weight is 263 g/mol. The second-order valence-corrected chi connectivity index (χ2v) is 4.75. The molecule has 0 unspecified atom stereocenters. The molecule has 0 bridgehead atoms. The van der Waals surface area contributed by atoms with Crippen molar-refractivity contribution in [1.82, 2.24) is 5.32 Å². The number of aliphatic carboxylic acids is 1. The van der Waals surface area contributed by atoms with Crippen LogP contribution in [0.4, 0.5) is 4.79 Å². The first kappa shape index (κ1) is 13.4. The van der Waals surface area contributed by atoms with Crippen LogP contribution in [-0.2, 0) is 16.1 Å². The molecule has 2 N–H and O–H groups in total. The summed E-state index contributed by atoms with van der Waals surface area (Å²) in [5, 5.41) is 11.4. The predicted octanol–water partition coefficient (Wildman–Crippen LogP) is 2.17. The molecule has 1 aliphatic carbocycles. The van der Waals surface area contributed by atoms with Gasteiger partial charge in [-0.1, -0.05) is 30.3 Å². The number of carboxylic acids is 1. The number of benzene rings is 1. The zero-order valence-electron chi connectivity index (χ0n) is 10.5. The highest BCUT2D eigenvalue weighted by Crippen LogP contribution is 2.30. The average Bonchev–Trinajstić information content (AvgIpc) is 2.40. The molecule has 1 aliphatic rings. The van der Waals surface area contributed by atoms with Gasteiger partial charge in [0.15, 0.2) is 0 Å². The largest absolute Gasteiger partial charge is 0.481 e. The van der Waals surface area contributed by atoms with E-state index < -0.39 is 12.1 Å². The van der Waals surface area contributed by atoms with Crippen molar-refractivity contribution in [1.29, 1.82) is 0 Å². The van der Waals surface area contributed by atoms with Crippen molar-refractivity contribution >= 4 is 12.1 Å². The summed E-state index contributed by atoms with van der Waals surface area (Å²) in [6.07, 6.45) is 1.28. The monoisotopic (exact) mass is 263 g/mol. The Hall–Kier alpha value is -2.04. The van der Waals surface area contributed by atoms with E-state index in [1.54, 1.807) is 0 Å². The highest BCUT2D eigenvalue weighted by molar-refractivity contribution is 5.69. The molecule has 2 rings (SSSR count). The van der Waals surface area contributed by atoms with Crippen LogP contribution in [0.25, 0.3) is 0 Å². The van der Waals surface area contributed by atoms with Gasteiger partial charge in [-0.3, -0.25) is 4.79 Å². The number of ether oxygens (including phenoxy) is 1. The predicted molar refractivity (Wildman–Crippen MR) is 68.5 cm³/mol. The zero-order chi connectivity index (χ0) is 13.7. The minimum Gasteiger partial charge on any atom is -0.481 e. The summed E-state index contributed by atoms with van der Waals surface area (Å²) in [7, 11) is 0. The van der Waals surface area contributed by atoms with Gasteiger partial charge in [-0.05, 0) is 24.3 Å². The van der Waals surface area contributed by atoms with E-state index in [1.165, 1.54) is 0 Å². The van der Waals surface area contributed by atoms with Gasteiger partial charge in [0, 0.05) is 6.04 Å². The topological polar surface area (TPSA) is 75.6 Å². The van der Waals surface area contributed by atoms with Crippen molar-refractivity contribution in [2.75, 3.05) is 0 Å². The zero-order valence-corrected chi connectivity index (χ0v) is 10.5. The van der Waals surface area contributed by atoms with Gasteiger partial charge in [0.2, 0.25) is 0 Å². The normalized spacial score (nSPS) is 21.3. The van der Waals surface area contributed by atoms with E-state index in [2.05, 4.69) is 5.32 Å². The molecule has 0 heterocycles. The fourth-order valence-corrected chi connectivity index (χ4v) is 2.14. The Labute approximate surface area is 111 Å². The maximum absolute atomic E-state index is 11.6. The van der Waals surface area contributed by atoms with Gasteiger partial charge in [-0.25, -0.2) is 4.79 Å². The van der Waals surface area contributed by atoms with Crippen molar-refractivity contribution in [2.45, 2.75) is 31.9 Å². The van der Waals surface area contributed by atoms with Gasteiger partial charge in [0.1, 0.15) is 6.61 Å². The number of carbonyl (C=O) groups excluding carboxylic acids is 1. The minimum absolute atomic E-state index is 0.0294. The summed E-state index contributed by atoms with van der Waals surface area (Å²) >= 11 is 0. The highest BCUT2D eigenvalue weighted by atomic mass is 16.5. The number of carboxylic acid groups (broad SMARTS) is 1. The van der Waals surface area contributed by atoms with Crippen LogP contribution in [0.1, 0.15) is 24.8 Å². The Kier molecular flexibility index (Phi) is 4.39. The Bertz CT molecular complexity index is 446. The Balaban J connectivity index is 1.71. The number of carbonyl (C=O) groups is 2. The van der Waals surface area contributed by atoms with E-state index >= 15 is 0 Å². The molecular formula is C14H17NO4. The second-order valence-electron chi connectivity index (χ2n) is 4.75. The number of hydrogen-bond acceptors (Lipinski definition) is 3. The molecule has 5 heteroatoms. The molecule has 1 aromatic carbocycles. The van der Waals surface area contributed by atoms with Gasteiger partial charge in [-0.2, -0.15) is 0 Å². The first-order valence-electron chi connectivity index (χ1n) is 6.34. The molecule has 0 radical (unpaired) electrons. The number of alkyl carbamates (subject to hydrolysis) is 1. The molecule has 5 nitrogen and oxygen atoms in total. The van der Waals surface area contributed by atoms with Crippen LogP contribution in [0.15, 0.2) is 30.3 Å². The molecule has 102 valence electrons. The van der Waals surface area contributed by atoms with E-state index in [0.29, 0.717) is 0 Å². The number of hydrogen-bond donors (Lipinski definition) is 2. The lowest BCUT2D eigenvalue weighted by atomic mass is 9.77. The highest BCUT2D eigenvalue weighted by Gasteiger charge is 2.33. The van der Waals surface area contributed by atoms with Crippen LogP contribution in [0.2, 0.25) is 0 Å². The van der Waals surface area contributed by atoms with Gasteiger partial charge < -0.3 is 15.2 Å². The van der Waals surface area contributed by atoms with Crippen molar-refractivity contribution in [2.24, 2.45) is 5.92 Å². The van der Waals surface area contributed by atoms with Gasteiger partial charge in [0.05, 0.1) is 6.42 Å². The maximum atomic E-state index is 11.6. The first-order chi connectivity index (χ1) is 9.15. The third-order valence-electron chi connectivity index (χ3n) is 3.37. The second kappa shape index (κ2) is 6.22. The van der Waals surface area contributed by atoms with Crippen molar-refractivity contribution in [3.05, 3.63) is 35.9 Å². The standard InChI is InChI=1S/C14H17NO4/c16-13(17)8-11-6-7-12(11)15-14(18)19-9-10-4-2-1-3-5-10/h1-5,11-12H,6-9H2,(H,15,18)(H,16,17)/t11-,12-/m1/s1. The molecule has 0 aliphatic heterocycles. The van der Waals surface area contributed by atoms with Gasteiger partial charge in [0.25, 0.3) is 0 Å². The first-order valence-corrected chi connectivity index (χ1v) is 6.34. The van der Waals surface area contributed by atoms with Gasteiger partial charge in [-0.15, -0.1) is 0 Å². The minimum atomic E-state index is -0.825. The van der Waals surface area contributed by atoms with Crippen molar-refractivity contribution < 1.29 is 19.4 Å².